The van der Waals surface area contributed by atoms with E-state index in [1.54, 1.807) is 13.8 Å². The molecule has 0 saturated carbocycles. The van der Waals surface area contributed by atoms with Gasteiger partial charge in [-0.3, -0.25) is 4.79 Å². The van der Waals surface area contributed by atoms with Gasteiger partial charge in [0.25, 0.3) is 5.91 Å². The third-order valence-electron chi connectivity index (χ3n) is 2.98. The fourth-order valence-electron chi connectivity index (χ4n) is 1.39. The largest absolute Gasteiger partial charge is 0.416 e. The third kappa shape index (κ3) is 3.62. The van der Waals surface area contributed by atoms with Gasteiger partial charge in [-0.15, -0.1) is 11.6 Å². The number of carbonyl (C=O) groups excluding carboxylic acids is 1. The fourth-order valence-corrected chi connectivity index (χ4v) is 1.57. The van der Waals surface area contributed by atoms with Crippen LogP contribution in [0.4, 0.5) is 13.2 Å². The molecule has 1 aromatic carbocycles. The van der Waals surface area contributed by atoms with Crippen molar-refractivity contribution in [2.24, 2.45) is 0 Å². The standard InChI is InChI=1S/C13H15ClF3NO/c1-12(2,8-14)18(3)11(19)9-5-4-6-10(7-9)13(15,16)17/h4-7H,8H2,1-3H3. The lowest BCUT2D eigenvalue weighted by Crippen LogP contribution is -2.46. The minimum Gasteiger partial charge on any atom is -0.335 e. The Hall–Kier alpha value is -1.23. The molecule has 0 bridgehead atoms. The Balaban J connectivity index is 3.08. The van der Waals surface area contributed by atoms with Gasteiger partial charge >= 0.3 is 6.18 Å². The Morgan fingerprint density at radius 1 is 1.32 bits per heavy atom. The van der Waals surface area contributed by atoms with Crippen molar-refractivity contribution in [1.82, 2.24) is 4.90 Å². The first-order valence-corrected chi connectivity index (χ1v) is 6.14. The molecule has 2 nitrogen and oxygen atoms in total. The van der Waals surface area contributed by atoms with E-state index in [4.69, 9.17) is 11.6 Å². The van der Waals surface area contributed by atoms with E-state index in [0.717, 1.165) is 12.1 Å². The number of hydrogen-bond donors (Lipinski definition) is 0. The maximum absolute atomic E-state index is 12.6. The van der Waals surface area contributed by atoms with Gasteiger partial charge in [0.05, 0.1) is 11.1 Å². The molecule has 0 radical (unpaired) electrons. The second kappa shape index (κ2) is 5.41. The number of amides is 1. The molecule has 1 aromatic rings. The predicted molar refractivity (Wildman–Crippen MR) is 68.3 cm³/mol. The van der Waals surface area contributed by atoms with E-state index in [1.165, 1.54) is 24.1 Å². The molecule has 19 heavy (non-hydrogen) atoms. The van der Waals surface area contributed by atoms with Crippen molar-refractivity contribution in [2.75, 3.05) is 12.9 Å². The lowest BCUT2D eigenvalue weighted by Gasteiger charge is -2.34. The highest BCUT2D eigenvalue weighted by molar-refractivity contribution is 6.18. The van der Waals surface area contributed by atoms with Gasteiger partial charge in [0.2, 0.25) is 0 Å². The van der Waals surface area contributed by atoms with Gasteiger partial charge < -0.3 is 4.90 Å². The summed E-state index contributed by atoms with van der Waals surface area (Å²) in [7, 11) is 1.52. The van der Waals surface area contributed by atoms with Crippen LogP contribution in [-0.2, 0) is 6.18 Å². The van der Waals surface area contributed by atoms with Crippen LogP contribution in [0.25, 0.3) is 0 Å². The highest BCUT2D eigenvalue weighted by Crippen LogP contribution is 2.30. The van der Waals surface area contributed by atoms with Crippen molar-refractivity contribution in [2.45, 2.75) is 25.6 Å². The van der Waals surface area contributed by atoms with E-state index in [0.29, 0.717) is 0 Å². The Morgan fingerprint density at radius 2 is 1.89 bits per heavy atom. The molecule has 0 N–H and O–H groups in total. The molecule has 0 aliphatic carbocycles. The van der Waals surface area contributed by atoms with Crippen LogP contribution in [-0.4, -0.2) is 29.3 Å². The van der Waals surface area contributed by atoms with Crippen LogP contribution in [0.3, 0.4) is 0 Å². The quantitative estimate of drug-likeness (QED) is 0.776. The monoisotopic (exact) mass is 293 g/mol. The average Bonchev–Trinajstić information content (AvgIpc) is 2.36. The molecule has 0 spiro atoms. The van der Waals surface area contributed by atoms with E-state index >= 15 is 0 Å². The molecule has 106 valence electrons. The van der Waals surface area contributed by atoms with E-state index in [9.17, 15) is 18.0 Å². The Labute approximate surface area is 115 Å². The maximum Gasteiger partial charge on any atom is 0.416 e. The Morgan fingerprint density at radius 3 is 2.37 bits per heavy atom. The van der Waals surface area contributed by atoms with Crippen molar-refractivity contribution in [3.8, 4) is 0 Å². The topological polar surface area (TPSA) is 20.3 Å². The summed E-state index contributed by atoms with van der Waals surface area (Å²) in [6, 6.07) is 4.36. The second-order valence-electron chi connectivity index (χ2n) is 4.89. The van der Waals surface area contributed by atoms with Gasteiger partial charge in [-0.2, -0.15) is 13.2 Å². The molecular weight excluding hydrogens is 279 g/mol. The molecule has 0 fully saturated rings. The molecule has 0 aromatic heterocycles. The maximum atomic E-state index is 12.6. The zero-order valence-electron chi connectivity index (χ0n) is 10.9. The Kier molecular flexibility index (Phi) is 4.50. The lowest BCUT2D eigenvalue weighted by molar-refractivity contribution is -0.137. The van der Waals surface area contributed by atoms with Crippen molar-refractivity contribution in [1.29, 1.82) is 0 Å². The predicted octanol–water partition coefficient (Wildman–Crippen LogP) is 3.79. The first-order valence-electron chi connectivity index (χ1n) is 5.61. The van der Waals surface area contributed by atoms with Gasteiger partial charge in [-0.05, 0) is 32.0 Å². The molecule has 0 heterocycles. The fraction of sp³-hybridized carbons (Fsp3) is 0.462. The van der Waals surface area contributed by atoms with Crippen LogP contribution in [0.2, 0.25) is 0 Å². The molecule has 0 aliphatic rings. The summed E-state index contributed by atoms with van der Waals surface area (Å²) in [5.41, 5.74) is -1.47. The third-order valence-corrected chi connectivity index (χ3v) is 3.63. The van der Waals surface area contributed by atoms with Crippen molar-refractivity contribution in [3.05, 3.63) is 35.4 Å². The van der Waals surface area contributed by atoms with E-state index in [1.807, 2.05) is 0 Å². The van der Waals surface area contributed by atoms with Gasteiger partial charge in [-0.1, -0.05) is 6.07 Å². The molecule has 0 atom stereocenters. The molecule has 1 rings (SSSR count). The summed E-state index contributed by atoms with van der Waals surface area (Å²) in [4.78, 5) is 13.5. The first-order chi connectivity index (χ1) is 8.59. The SMILES string of the molecule is CN(C(=O)c1cccc(C(F)(F)F)c1)C(C)(C)CCl. The number of benzene rings is 1. The van der Waals surface area contributed by atoms with Crippen LogP contribution >= 0.6 is 11.6 Å². The van der Waals surface area contributed by atoms with Crippen LogP contribution in [0.15, 0.2) is 24.3 Å². The van der Waals surface area contributed by atoms with Crippen LogP contribution < -0.4 is 0 Å². The summed E-state index contributed by atoms with van der Waals surface area (Å²) in [6.07, 6.45) is -4.46. The number of carbonyl (C=O) groups is 1. The first kappa shape index (κ1) is 15.8. The van der Waals surface area contributed by atoms with Gasteiger partial charge in [0.1, 0.15) is 0 Å². The number of alkyl halides is 4. The summed E-state index contributed by atoms with van der Waals surface area (Å²) in [6.45, 7) is 3.48. The van der Waals surface area contributed by atoms with Crippen molar-refractivity contribution in [3.63, 3.8) is 0 Å². The van der Waals surface area contributed by atoms with Gasteiger partial charge in [0.15, 0.2) is 0 Å². The zero-order chi connectivity index (χ0) is 14.8. The number of rotatable bonds is 3. The highest BCUT2D eigenvalue weighted by atomic mass is 35.5. The van der Waals surface area contributed by atoms with E-state index in [2.05, 4.69) is 0 Å². The molecule has 1 amide bonds. The Bertz CT molecular complexity index is 471. The van der Waals surface area contributed by atoms with Crippen molar-refractivity contribution >= 4 is 17.5 Å². The smallest absolute Gasteiger partial charge is 0.335 e. The van der Waals surface area contributed by atoms with Crippen LogP contribution in [0.1, 0.15) is 29.8 Å². The number of hydrogen-bond acceptors (Lipinski definition) is 1. The molecule has 0 saturated heterocycles. The zero-order valence-corrected chi connectivity index (χ0v) is 11.6. The van der Waals surface area contributed by atoms with Crippen LogP contribution in [0, 0.1) is 0 Å². The normalized spacial score (nSPS) is 12.4. The molecule has 0 unspecified atom stereocenters. The average molecular weight is 294 g/mol. The van der Waals surface area contributed by atoms with E-state index in [-0.39, 0.29) is 11.4 Å². The van der Waals surface area contributed by atoms with Gasteiger partial charge in [-0.25, -0.2) is 0 Å². The van der Waals surface area contributed by atoms with E-state index < -0.39 is 23.2 Å². The summed E-state index contributed by atoms with van der Waals surface area (Å²) in [5, 5.41) is 0. The minimum absolute atomic E-state index is 0.00415. The van der Waals surface area contributed by atoms with Gasteiger partial charge in [0, 0.05) is 18.5 Å². The number of nitrogens with zero attached hydrogens (tertiary/aromatic N) is 1. The molecule has 6 heteroatoms. The summed E-state index contributed by atoms with van der Waals surface area (Å²) in [5.74, 6) is -0.300. The lowest BCUT2D eigenvalue weighted by atomic mass is 10.0. The summed E-state index contributed by atoms with van der Waals surface area (Å²) < 4.78 is 37.8. The minimum atomic E-state index is -4.46. The molecular formula is C13H15ClF3NO. The molecule has 0 aliphatic heterocycles. The van der Waals surface area contributed by atoms with Crippen LogP contribution in [0.5, 0.6) is 0 Å². The second-order valence-corrected chi connectivity index (χ2v) is 5.16. The number of halogens is 4. The van der Waals surface area contributed by atoms with Crippen molar-refractivity contribution < 1.29 is 18.0 Å². The highest BCUT2D eigenvalue weighted by Gasteiger charge is 2.32. The summed E-state index contributed by atoms with van der Waals surface area (Å²) >= 11 is 5.75.